The zero-order valence-electron chi connectivity index (χ0n) is 12.7. The van der Waals surface area contributed by atoms with Gasteiger partial charge in [-0.25, -0.2) is 4.98 Å². The Balaban J connectivity index is 2.10. The Morgan fingerprint density at radius 1 is 1.29 bits per heavy atom. The highest BCUT2D eigenvalue weighted by molar-refractivity contribution is 6.31. The van der Waals surface area contributed by atoms with Crippen molar-refractivity contribution in [3.05, 3.63) is 69.2 Å². The lowest BCUT2D eigenvalue weighted by Crippen LogP contribution is -2.11. The van der Waals surface area contributed by atoms with Crippen molar-refractivity contribution in [1.29, 1.82) is 5.26 Å². The van der Waals surface area contributed by atoms with Crippen molar-refractivity contribution in [2.24, 2.45) is 0 Å². The molecule has 0 amide bonds. The van der Waals surface area contributed by atoms with Crippen LogP contribution in [0.1, 0.15) is 11.4 Å². The number of nitrogens with one attached hydrogen (secondary N) is 1. The maximum absolute atomic E-state index is 12.2. The molecule has 1 aromatic heterocycles. The van der Waals surface area contributed by atoms with E-state index in [4.69, 9.17) is 16.3 Å². The van der Waals surface area contributed by atoms with Gasteiger partial charge in [0.1, 0.15) is 11.8 Å². The summed E-state index contributed by atoms with van der Waals surface area (Å²) in [6.07, 6.45) is 1.65. The van der Waals surface area contributed by atoms with Gasteiger partial charge < -0.3 is 9.72 Å². The Labute approximate surface area is 142 Å². The number of benzene rings is 2. The Morgan fingerprint density at radius 2 is 2.04 bits per heavy atom. The molecule has 0 saturated carbocycles. The van der Waals surface area contributed by atoms with Crippen LogP contribution in [0.15, 0.2) is 47.3 Å². The van der Waals surface area contributed by atoms with Crippen molar-refractivity contribution in [3.63, 3.8) is 0 Å². The second kappa shape index (κ2) is 6.57. The maximum atomic E-state index is 12.2. The molecule has 0 aliphatic carbocycles. The Hall–Kier alpha value is -3.10. The summed E-state index contributed by atoms with van der Waals surface area (Å²) in [6, 6.07) is 14.1. The van der Waals surface area contributed by atoms with E-state index in [0.717, 1.165) is 11.3 Å². The molecule has 5 nitrogen and oxygen atoms in total. The van der Waals surface area contributed by atoms with E-state index in [0.29, 0.717) is 15.9 Å². The lowest BCUT2D eigenvalue weighted by Gasteiger charge is -2.03. The fraction of sp³-hybridized carbons (Fsp3) is 0.0556. The second-order valence-electron chi connectivity index (χ2n) is 5.02. The summed E-state index contributed by atoms with van der Waals surface area (Å²) in [6.45, 7) is 0. The van der Waals surface area contributed by atoms with Gasteiger partial charge in [0.05, 0.1) is 23.6 Å². The first-order chi connectivity index (χ1) is 11.6. The largest absolute Gasteiger partial charge is 0.497 e. The summed E-state index contributed by atoms with van der Waals surface area (Å²) < 4.78 is 5.10. The molecule has 0 unspecified atom stereocenters. The van der Waals surface area contributed by atoms with Gasteiger partial charge in [-0.3, -0.25) is 4.79 Å². The highest BCUT2D eigenvalue weighted by atomic mass is 35.5. The van der Waals surface area contributed by atoms with Gasteiger partial charge in [0.25, 0.3) is 5.56 Å². The predicted molar refractivity (Wildman–Crippen MR) is 93.9 cm³/mol. The van der Waals surface area contributed by atoms with E-state index in [2.05, 4.69) is 16.0 Å². The molecule has 24 heavy (non-hydrogen) atoms. The van der Waals surface area contributed by atoms with Gasteiger partial charge in [-0.1, -0.05) is 23.7 Å². The fourth-order valence-electron chi connectivity index (χ4n) is 2.26. The van der Waals surface area contributed by atoms with Crippen LogP contribution in [-0.4, -0.2) is 17.1 Å². The number of hydrogen-bond acceptors (Lipinski definition) is 4. The third-order valence-electron chi connectivity index (χ3n) is 3.47. The summed E-state index contributed by atoms with van der Waals surface area (Å²) in [5, 5.41) is 10.3. The minimum atomic E-state index is -0.317. The van der Waals surface area contributed by atoms with Crippen molar-refractivity contribution in [1.82, 2.24) is 9.97 Å². The standard InChI is InChI=1S/C18H12ClN3O2/c1-24-14-5-2-11(3-6-14)8-12(10-20)17-21-16-9-13(19)4-7-15(16)18(23)22-17/h2-9H,1H3,(H,21,22,23)/b12-8+. The number of hydrogen-bond donors (Lipinski definition) is 1. The van der Waals surface area contributed by atoms with Crippen molar-refractivity contribution in [3.8, 4) is 11.8 Å². The molecule has 0 fully saturated rings. The minimum absolute atomic E-state index is 0.202. The molecule has 0 aliphatic heterocycles. The molecule has 6 heteroatoms. The average Bonchev–Trinajstić information content (AvgIpc) is 2.59. The monoisotopic (exact) mass is 337 g/mol. The number of aromatic amines is 1. The SMILES string of the molecule is COc1ccc(/C=C(\C#N)c2nc3cc(Cl)ccc3c(=O)[nH]2)cc1. The van der Waals surface area contributed by atoms with Gasteiger partial charge in [0.2, 0.25) is 0 Å². The van der Waals surface area contributed by atoms with Crippen LogP contribution in [0.5, 0.6) is 5.75 Å². The number of nitriles is 1. The molecule has 0 atom stereocenters. The van der Waals surface area contributed by atoms with E-state index < -0.39 is 0 Å². The van der Waals surface area contributed by atoms with Crippen molar-refractivity contribution < 1.29 is 4.74 Å². The first-order valence-electron chi connectivity index (χ1n) is 7.06. The highest BCUT2D eigenvalue weighted by Gasteiger charge is 2.09. The summed E-state index contributed by atoms with van der Waals surface area (Å²) in [5.41, 5.74) is 1.17. The molecule has 0 bridgehead atoms. The molecule has 118 valence electrons. The van der Waals surface area contributed by atoms with E-state index >= 15 is 0 Å². The highest BCUT2D eigenvalue weighted by Crippen LogP contribution is 2.19. The number of H-pyrrole nitrogens is 1. The van der Waals surface area contributed by atoms with Crippen molar-refractivity contribution >= 4 is 34.2 Å². The normalized spacial score (nSPS) is 11.3. The van der Waals surface area contributed by atoms with Crippen LogP contribution >= 0.6 is 11.6 Å². The quantitative estimate of drug-likeness (QED) is 0.740. The van der Waals surface area contributed by atoms with Crippen LogP contribution in [-0.2, 0) is 0 Å². The van der Waals surface area contributed by atoms with E-state index in [1.54, 1.807) is 43.5 Å². The molecular formula is C18H12ClN3O2. The molecule has 1 N–H and O–H groups in total. The molecule has 2 aromatic carbocycles. The first kappa shape index (κ1) is 15.8. The Bertz CT molecular complexity index is 1030. The second-order valence-corrected chi connectivity index (χ2v) is 5.46. The van der Waals surface area contributed by atoms with E-state index in [1.165, 1.54) is 0 Å². The van der Waals surface area contributed by atoms with E-state index in [1.807, 2.05) is 12.1 Å². The lowest BCUT2D eigenvalue weighted by molar-refractivity contribution is 0.415. The van der Waals surface area contributed by atoms with E-state index in [-0.39, 0.29) is 17.0 Å². The number of fused-ring (bicyclic) bond motifs is 1. The summed E-state index contributed by atoms with van der Waals surface area (Å²) >= 11 is 5.95. The Kier molecular flexibility index (Phi) is 4.32. The molecule has 0 spiro atoms. The number of halogens is 1. The van der Waals surface area contributed by atoms with Gasteiger partial charge in [-0.2, -0.15) is 5.26 Å². The van der Waals surface area contributed by atoms with Crippen molar-refractivity contribution in [2.45, 2.75) is 0 Å². The van der Waals surface area contributed by atoms with Crippen molar-refractivity contribution in [2.75, 3.05) is 7.11 Å². The number of rotatable bonds is 3. The maximum Gasteiger partial charge on any atom is 0.259 e. The smallest absolute Gasteiger partial charge is 0.259 e. The van der Waals surface area contributed by atoms with Crippen LogP contribution in [0.3, 0.4) is 0 Å². The van der Waals surface area contributed by atoms with Gasteiger partial charge >= 0.3 is 0 Å². The van der Waals surface area contributed by atoms with Crippen LogP contribution in [0, 0.1) is 11.3 Å². The summed E-state index contributed by atoms with van der Waals surface area (Å²) in [4.78, 5) is 19.2. The van der Waals surface area contributed by atoms with Crippen LogP contribution < -0.4 is 10.3 Å². The van der Waals surface area contributed by atoms with Crippen LogP contribution in [0.4, 0.5) is 0 Å². The minimum Gasteiger partial charge on any atom is -0.497 e. The van der Waals surface area contributed by atoms with Gasteiger partial charge in [0, 0.05) is 5.02 Å². The van der Waals surface area contributed by atoms with Gasteiger partial charge in [-0.15, -0.1) is 0 Å². The predicted octanol–water partition coefficient (Wildman–Crippen LogP) is 3.65. The molecule has 0 aliphatic rings. The topological polar surface area (TPSA) is 78.8 Å². The summed E-state index contributed by atoms with van der Waals surface area (Å²) in [7, 11) is 1.58. The molecule has 3 rings (SSSR count). The molecule has 0 radical (unpaired) electrons. The zero-order valence-corrected chi connectivity index (χ0v) is 13.5. The third-order valence-corrected chi connectivity index (χ3v) is 3.71. The third kappa shape index (κ3) is 3.14. The van der Waals surface area contributed by atoms with Gasteiger partial charge in [-0.05, 0) is 42.0 Å². The lowest BCUT2D eigenvalue weighted by atomic mass is 10.1. The molecule has 3 aromatic rings. The number of nitrogens with zero attached hydrogens (tertiary/aromatic N) is 2. The average molecular weight is 338 g/mol. The molecule has 0 saturated heterocycles. The van der Waals surface area contributed by atoms with Crippen LogP contribution in [0.2, 0.25) is 5.02 Å². The first-order valence-corrected chi connectivity index (χ1v) is 7.44. The Morgan fingerprint density at radius 3 is 2.71 bits per heavy atom. The molecule has 1 heterocycles. The fourth-order valence-corrected chi connectivity index (χ4v) is 2.43. The van der Waals surface area contributed by atoms with Crippen LogP contribution in [0.25, 0.3) is 22.6 Å². The molecular weight excluding hydrogens is 326 g/mol. The van der Waals surface area contributed by atoms with Gasteiger partial charge in [0.15, 0.2) is 5.82 Å². The number of aromatic nitrogens is 2. The van der Waals surface area contributed by atoms with E-state index in [9.17, 15) is 10.1 Å². The number of allylic oxidation sites excluding steroid dienone is 1. The number of ether oxygens (including phenoxy) is 1. The summed E-state index contributed by atoms with van der Waals surface area (Å²) in [5.74, 6) is 0.922. The zero-order chi connectivity index (χ0) is 17.1. The number of methoxy groups -OCH3 is 1.